The Bertz CT molecular complexity index is 469. The van der Waals surface area contributed by atoms with Gasteiger partial charge in [-0.15, -0.1) is 0 Å². The number of urea groups is 1. The van der Waals surface area contributed by atoms with Gasteiger partial charge in [-0.25, -0.2) is 4.79 Å². The van der Waals surface area contributed by atoms with Crippen molar-refractivity contribution < 1.29 is 14.7 Å². The molecule has 2 amide bonds. The van der Waals surface area contributed by atoms with Gasteiger partial charge in [0.1, 0.15) is 6.54 Å². The van der Waals surface area contributed by atoms with E-state index in [1.54, 1.807) is 13.8 Å². The minimum Gasteiger partial charge on any atom is -0.480 e. The predicted octanol–water partition coefficient (Wildman–Crippen LogP) is 2.56. The molecule has 0 aliphatic carbocycles. The van der Waals surface area contributed by atoms with Crippen LogP contribution in [-0.2, 0) is 4.79 Å². The molecule has 0 fully saturated rings. The van der Waals surface area contributed by atoms with Crippen LogP contribution in [0.4, 0.5) is 4.79 Å². The summed E-state index contributed by atoms with van der Waals surface area (Å²) in [5.41, 5.74) is 2.14. The predicted molar refractivity (Wildman–Crippen MR) is 77.6 cm³/mol. The van der Waals surface area contributed by atoms with Crippen molar-refractivity contribution in [2.75, 3.05) is 6.54 Å². The third-order valence-electron chi connectivity index (χ3n) is 3.11. The summed E-state index contributed by atoms with van der Waals surface area (Å²) in [6.45, 7) is 7.16. The van der Waals surface area contributed by atoms with Crippen molar-refractivity contribution in [1.82, 2.24) is 10.2 Å². The summed E-state index contributed by atoms with van der Waals surface area (Å²) in [6.07, 6.45) is 0. The zero-order valence-corrected chi connectivity index (χ0v) is 12.4. The molecule has 2 N–H and O–H groups in total. The Kier molecular flexibility index (Phi) is 5.55. The van der Waals surface area contributed by atoms with E-state index < -0.39 is 5.97 Å². The highest BCUT2D eigenvalue weighted by atomic mass is 16.4. The van der Waals surface area contributed by atoms with Crippen LogP contribution >= 0.6 is 0 Å². The van der Waals surface area contributed by atoms with Crippen molar-refractivity contribution in [3.8, 4) is 0 Å². The molecule has 1 aromatic carbocycles. The fourth-order valence-electron chi connectivity index (χ4n) is 1.84. The highest BCUT2D eigenvalue weighted by molar-refractivity contribution is 5.80. The molecule has 0 aliphatic rings. The van der Waals surface area contributed by atoms with Crippen LogP contribution in [0.15, 0.2) is 24.3 Å². The van der Waals surface area contributed by atoms with Gasteiger partial charge in [0.2, 0.25) is 0 Å². The van der Waals surface area contributed by atoms with Crippen LogP contribution in [0, 0.1) is 6.92 Å². The maximum Gasteiger partial charge on any atom is 0.323 e. The van der Waals surface area contributed by atoms with Gasteiger partial charge in [-0.3, -0.25) is 4.79 Å². The summed E-state index contributed by atoms with van der Waals surface area (Å²) >= 11 is 0. The molecular weight excluding hydrogens is 256 g/mol. The van der Waals surface area contributed by atoms with E-state index in [1.165, 1.54) is 4.90 Å². The number of amides is 2. The number of carboxylic acids is 1. The molecule has 0 heterocycles. The molecule has 1 atom stereocenters. The number of nitrogens with one attached hydrogen (secondary N) is 1. The minimum atomic E-state index is -1.02. The molecule has 0 aliphatic heterocycles. The second kappa shape index (κ2) is 6.93. The van der Waals surface area contributed by atoms with Crippen LogP contribution in [0.1, 0.15) is 37.9 Å². The molecule has 5 nitrogen and oxygen atoms in total. The summed E-state index contributed by atoms with van der Waals surface area (Å²) in [5, 5.41) is 11.7. The summed E-state index contributed by atoms with van der Waals surface area (Å²) < 4.78 is 0. The summed E-state index contributed by atoms with van der Waals surface area (Å²) in [6, 6.07) is 7.17. The van der Waals surface area contributed by atoms with Gasteiger partial charge < -0.3 is 15.3 Å². The topological polar surface area (TPSA) is 69.6 Å². The van der Waals surface area contributed by atoms with Crippen molar-refractivity contribution in [3.63, 3.8) is 0 Å². The zero-order valence-electron chi connectivity index (χ0n) is 12.4. The zero-order chi connectivity index (χ0) is 15.3. The minimum absolute atomic E-state index is 0.168. The molecule has 0 bridgehead atoms. The van der Waals surface area contributed by atoms with Gasteiger partial charge in [-0.1, -0.05) is 29.8 Å². The number of carbonyl (C=O) groups excluding carboxylic acids is 1. The smallest absolute Gasteiger partial charge is 0.323 e. The lowest BCUT2D eigenvalue weighted by Gasteiger charge is -2.27. The summed E-state index contributed by atoms with van der Waals surface area (Å²) in [5.74, 6) is -1.02. The maximum atomic E-state index is 12.1. The van der Waals surface area contributed by atoms with Crippen LogP contribution in [0.25, 0.3) is 0 Å². The molecule has 20 heavy (non-hydrogen) atoms. The van der Waals surface area contributed by atoms with Crippen molar-refractivity contribution in [2.45, 2.75) is 39.8 Å². The third-order valence-corrected chi connectivity index (χ3v) is 3.11. The summed E-state index contributed by atoms with van der Waals surface area (Å²) in [4.78, 5) is 24.2. The number of carbonyl (C=O) groups is 2. The number of hydrogen-bond donors (Lipinski definition) is 2. The largest absolute Gasteiger partial charge is 0.480 e. The van der Waals surface area contributed by atoms with Crippen LogP contribution in [0.3, 0.4) is 0 Å². The fraction of sp³-hybridized carbons (Fsp3) is 0.467. The maximum absolute atomic E-state index is 12.1. The first-order valence-electron chi connectivity index (χ1n) is 6.66. The lowest BCUT2D eigenvalue weighted by atomic mass is 10.1. The monoisotopic (exact) mass is 278 g/mol. The number of benzene rings is 1. The molecule has 0 saturated heterocycles. The van der Waals surface area contributed by atoms with Crippen molar-refractivity contribution in [2.24, 2.45) is 0 Å². The quantitative estimate of drug-likeness (QED) is 0.869. The molecular formula is C15H22N2O3. The van der Waals surface area contributed by atoms with E-state index in [0.717, 1.165) is 11.1 Å². The average molecular weight is 278 g/mol. The van der Waals surface area contributed by atoms with Gasteiger partial charge in [0.15, 0.2) is 0 Å². The van der Waals surface area contributed by atoms with Gasteiger partial charge in [-0.05, 0) is 33.3 Å². The normalized spacial score (nSPS) is 12.1. The lowest BCUT2D eigenvalue weighted by Crippen LogP contribution is -2.47. The van der Waals surface area contributed by atoms with Gasteiger partial charge >= 0.3 is 12.0 Å². The van der Waals surface area contributed by atoms with Crippen molar-refractivity contribution in [1.29, 1.82) is 0 Å². The van der Waals surface area contributed by atoms with E-state index in [0.29, 0.717) is 0 Å². The average Bonchev–Trinajstić information content (AvgIpc) is 2.35. The fourth-order valence-corrected chi connectivity index (χ4v) is 1.84. The van der Waals surface area contributed by atoms with Crippen molar-refractivity contribution >= 4 is 12.0 Å². The first kappa shape index (κ1) is 16.0. The van der Waals surface area contributed by atoms with E-state index in [2.05, 4.69) is 5.32 Å². The molecule has 1 rings (SSSR count). The van der Waals surface area contributed by atoms with E-state index >= 15 is 0 Å². The molecule has 110 valence electrons. The van der Waals surface area contributed by atoms with Crippen LogP contribution in [0.2, 0.25) is 0 Å². The molecule has 0 aromatic heterocycles. The van der Waals surface area contributed by atoms with Crippen LogP contribution in [-0.4, -0.2) is 34.6 Å². The highest BCUT2D eigenvalue weighted by Gasteiger charge is 2.21. The second-order valence-corrected chi connectivity index (χ2v) is 5.20. The second-order valence-electron chi connectivity index (χ2n) is 5.20. The number of aryl methyl sites for hydroxylation is 1. The molecule has 1 unspecified atom stereocenters. The Balaban J connectivity index is 2.72. The van der Waals surface area contributed by atoms with E-state index in [9.17, 15) is 9.59 Å². The Hall–Kier alpha value is -2.04. The molecule has 0 saturated carbocycles. The summed E-state index contributed by atoms with van der Waals surface area (Å²) in [7, 11) is 0. The first-order chi connectivity index (χ1) is 9.31. The number of carboxylic acid groups (broad SMARTS) is 1. The lowest BCUT2D eigenvalue weighted by molar-refractivity contribution is -0.138. The number of aliphatic carboxylic acids is 1. The Labute approximate surface area is 119 Å². The SMILES string of the molecule is Cc1ccc(C(C)NC(=O)N(CC(=O)O)C(C)C)cc1. The van der Waals surface area contributed by atoms with E-state index in [1.807, 2.05) is 38.1 Å². The standard InChI is InChI=1S/C15H22N2O3/c1-10(2)17(9-14(18)19)15(20)16-12(4)13-7-5-11(3)6-8-13/h5-8,10,12H,9H2,1-4H3,(H,16,20)(H,18,19). The first-order valence-corrected chi connectivity index (χ1v) is 6.66. The van der Waals surface area contributed by atoms with E-state index in [-0.39, 0.29) is 24.7 Å². The van der Waals surface area contributed by atoms with Crippen LogP contribution < -0.4 is 5.32 Å². The van der Waals surface area contributed by atoms with Gasteiger partial charge in [0.05, 0.1) is 6.04 Å². The Morgan fingerprint density at radius 3 is 2.20 bits per heavy atom. The van der Waals surface area contributed by atoms with Gasteiger partial charge in [0, 0.05) is 6.04 Å². The molecule has 1 aromatic rings. The number of nitrogens with zero attached hydrogens (tertiary/aromatic N) is 1. The van der Waals surface area contributed by atoms with Crippen LogP contribution in [0.5, 0.6) is 0 Å². The van der Waals surface area contributed by atoms with Gasteiger partial charge in [0.25, 0.3) is 0 Å². The molecule has 5 heteroatoms. The third kappa shape index (κ3) is 4.57. The van der Waals surface area contributed by atoms with E-state index in [4.69, 9.17) is 5.11 Å². The highest BCUT2D eigenvalue weighted by Crippen LogP contribution is 2.14. The van der Waals surface area contributed by atoms with Gasteiger partial charge in [-0.2, -0.15) is 0 Å². The Morgan fingerprint density at radius 2 is 1.75 bits per heavy atom. The number of rotatable bonds is 5. The Morgan fingerprint density at radius 1 is 1.20 bits per heavy atom. The molecule has 0 spiro atoms. The number of hydrogen-bond acceptors (Lipinski definition) is 2. The van der Waals surface area contributed by atoms with Crippen molar-refractivity contribution in [3.05, 3.63) is 35.4 Å². The molecule has 0 radical (unpaired) electrons.